The van der Waals surface area contributed by atoms with E-state index < -0.39 is 5.41 Å². The Morgan fingerprint density at radius 2 is 2.05 bits per heavy atom. The summed E-state index contributed by atoms with van der Waals surface area (Å²) in [7, 11) is 0. The van der Waals surface area contributed by atoms with Gasteiger partial charge in [-0.05, 0) is 36.5 Å². The highest BCUT2D eigenvalue weighted by Gasteiger charge is 2.83. The molecule has 0 aliphatic heterocycles. The summed E-state index contributed by atoms with van der Waals surface area (Å²) in [5.74, 6) is 0.0791. The van der Waals surface area contributed by atoms with Gasteiger partial charge in [-0.1, -0.05) is 79.3 Å². The maximum atomic E-state index is 13.1. The fourth-order valence-electron chi connectivity index (χ4n) is 4.51. The molecule has 2 nitrogen and oxygen atoms in total. The van der Waals surface area contributed by atoms with E-state index in [-0.39, 0.29) is 25.3 Å². The van der Waals surface area contributed by atoms with Crippen LogP contribution < -0.4 is 5.32 Å². The fourth-order valence-corrected chi connectivity index (χ4v) is 9.61. The van der Waals surface area contributed by atoms with E-state index in [2.05, 4.69) is 67.0 Å². The van der Waals surface area contributed by atoms with Crippen molar-refractivity contribution >= 4 is 71.0 Å². The Balaban J connectivity index is 1.91. The summed E-state index contributed by atoms with van der Waals surface area (Å²) in [6.07, 6.45) is 1.90. The van der Waals surface area contributed by atoms with Crippen LogP contribution in [0.15, 0.2) is 24.3 Å². The fraction of sp³-hybridized carbons (Fsp3) is 0.562. The van der Waals surface area contributed by atoms with Gasteiger partial charge in [0.05, 0.1) is 9.15 Å². The zero-order valence-electron chi connectivity index (χ0n) is 12.3. The summed E-state index contributed by atoms with van der Waals surface area (Å²) in [4.78, 5) is 13.2. The number of alkyl halides is 3. The Morgan fingerprint density at radius 1 is 1.36 bits per heavy atom. The highest BCUT2D eigenvalue weighted by molar-refractivity contribution is 9.24. The van der Waals surface area contributed by atoms with Crippen LogP contribution in [0.2, 0.25) is 5.02 Å². The second-order valence-electron chi connectivity index (χ2n) is 6.76. The number of amides is 1. The lowest BCUT2D eigenvalue weighted by Gasteiger charge is -2.66. The second kappa shape index (κ2) is 5.47. The Kier molecular flexibility index (Phi) is 4.29. The molecular formula is C16H17Br3ClNO. The first-order chi connectivity index (χ1) is 10.2. The minimum atomic E-state index is -0.394. The van der Waals surface area contributed by atoms with E-state index in [1.54, 1.807) is 12.1 Å². The summed E-state index contributed by atoms with van der Waals surface area (Å²) < 4.78 is 0.182. The number of hydrogen-bond donors (Lipinski definition) is 1. The SMILES string of the molecule is CC1(C)[C@]2(C(=O)Nc3cccc(Cl)c3)CC[C@]1(C(Br)Br)[C@H]2Br. The number of halogens is 4. The molecule has 3 saturated carbocycles. The van der Waals surface area contributed by atoms with E-state index in [0.717, 1.165) is 18.5 Å². The lowest BCUT2D eigenvalue weighted by Crippen LogP contribution is -2.71. The van der Waals surface area contributed by atoms with Crippen molar-refractivity contribution < 1.29 is 4.79 Å². The van der Waals surface area contributed by atoms with Crippen LogP contribution in [0.3, 0.4) is 0 Å². The van der Waals surface area contributed by atoms with Gasteiger partial charge in [-0.3, -0.25) is 4.79 Å². The van der Waals surface area contributed by atoms with E-state index in [0.29, 0.717) is 5.02 Å². The first-order valence-corrected chi connectivity index (χ1v) is 10.3. The van der Waals surface area contributed by atoms with Crippen LogP contribution in [0, 0.1) is 16.2 Å². The number of carbonyl (C=O) groups excluding carboxylic acids is 1. The van der Waals surface area contributed by atoms with Crippen LogP contribution in [-0.2, 0) is 4.79 Å². The standard InChI is InChI=1S/C16H17Br3ClNO/c1-14(2)15(12(18)19)6-7-16(14,11(15)17)13(22)21-10-5-3-4-9(20)8-10/h3-5,8,11-12H,6-7H2,1-2H3,(H,21,22)/t11-,15-,16-/m1/s1. The topological polar surface area (TPSA) is 29.1 Å². The number of benzene rings is 1. The van der Waals surface area contributed by atoms with Gasteiger partial charge in [0.25, 0.3) is 0 Å². The molecule has 3 aliphatic rings. The number of carbonyl (C=O) groups is 1. The van der Waals surface area contributed by atoms with Gasteiger partial charge >= 0.3 is 0 Å². The van der Waals surface area contributed by atoms with Gasteiger partial charge in [-0.2, -0.15) is 0 Å². The van der Waals surface area contributed by atoms with Crippen LogP contribution >= 0.6 is 59.4 Å². The normalized spacial score (nSPS) is 35.3. The number of fused-ring (bicyclic) bond motifs is 1. The average Bonchev–Trinajstić information content (AvgIpc) is 2.88. The van der Waals surface area contributed by atoms with Gasteiger partial charge in [0, 0.05) is 21.0 Å². The van der Waals surface area contributed by atoms with Crippen molar-refractivity contribution in [2.45, 2.75) is 35.3 Å². The van der Waals surface area contributed by atoms with Crippen molar-refractivity contribution in [2.24, 2.45) is 16.2 Å². The molecule has 0 aromatic heterocycles. The van der Waals surface area contributed by atoms with E-state index in [9.17, 15) is 4.79 Å². The lowest BCUT2D eigenvalue weighted by molar-refractivity contribution is -0.155. The van der Waals surface area contributed by atoms with Crippen molar-refractivity contribution in [2.75, 3.05) is 5.32 Å². The van der Waals surface area contributed by atoms with Crippen LogP contribution in [0.1, 0.15) is 26.7 Å². The van der Waals surface area contributed by atoms with Crippen LogP contribution in [0.5, 0.6) is 0 Å². The van der Waals surface area contributed by atoms with Gasteiger partial charge in [0.1, 0.15) is 0 Å². The van der Waals surface area contributed by atoms with Gasteiger partial charge in [-0.25, -0.2) is 0 Å². The third-order valence-electron chi connectivity index (χ3n) is 5.97. The lowest BCUT2D eigenvalue weighted by atomic mass is 9.43. The second-order valence-corrected chi connectivity index (χ2v) is 11.2. The number of hydrogen-bond acceptors (Lipinski definition) is 1. The molecule has 0 spiro atoms. The monoisotopic (exact) mass is 511 g/mol. The van der Waals surface area contributed by atoms with Gasteiger partial charge in [0.15, 0.2) is 0 Å². The van der Waals surface area contributed by atoms with Crippen molar-refractivity contribution in [3.63, 3.8) is 0 Å². The van der Waals surface area contributed by atoms with E-state index in [1.165, 1.54) is 0 Å². The highest BCUT2D eigenvalue weighted by Crippen LogP contribution is 2.82. The molecule has 3 aliphatic carbocycles. The molecule has 3 atom stereocenters. The molecule has 1 aromatic rings. The quantitative estimate of drug-likeness (QED) is 0.496. The first-order valence-electron chi connectivity index (χ1n) is 7.19. The predicted molar refractivity (Wildman–Crippen MR) is 102 cm³/mol. The van der Waals surface area contributed by atoms with Crippen molar-refractivity contribution in [1.82, 2.24) is 0 Å². The zero-order chi connectivity index (χ0) is 16.3. The van der Waals surface area contributed by atoms with Crippen LogP contribution in [0.25, 0.3) is 0 Å². The zero-order valence-corrected chi connectivity index (χ0v) is 17.8. The Hall–Kier alpha value is 0.420. The predicted octanol–water partition coefficient (Wildman–Crippen LogP) is 5.96. The molecule has 2 bridgehead atoms. The minimum Gasteiger partial charge on any atom is -0.326 e. The molecular weight excluding hydrogens is 497 g/mol. The molecule has 0 unspecified atom stereocenters. The molecule has 22 heavy (non-hydrogen) atoms. The summed E-state index contributed by atoms with van der Waals surface area (Å²) in [6.45, 7) is 4.40. The molecule has 1 aromatic carbocycles. The number of nitrogens with one attached hydrogen (secondary N) is 1. The summed E-state index contributed by atoms with van der Waals surface area (Å²) in [5.41, 5.74) is 0.295. The first kappa shape index (κ1) is 17.2. The summed E-state index contributed by atoms with van der Waals surface area (Å²) >= 11 is 17.2. The van der Waals surface area contributed by atoms with E-state index >= 15 is 0 Å². The Bertz CT molecular complexity index is 636. The third kappa shape index (κ3) is 1.91. The molecule has 3 fully saturated rings. The Labute approximate surface area is 161 Å². The minimum absolute atomic E-state index is 0.0404. The number of anilines is 1. The highest BCUT2D eigenvalue weighted by atomic mass is 79.9. The molecule has 120 valence electrons. The molecule has 0 heterocycles. The summed E-state index contributed by atoms with van der Waals surface area (Å²) in [6, 6.07) is 7.30. The van der Waals surface area contributed by atoms with Gasteiger partial charge < -0.3 is 5.32 Å². The van der Waals surface area contributed by atoms with Crippen molar-refractivity contribution in [1.29, 1.82) is 0 Å². The van der Waals surface area contributed by atoms with E-state index in [1.807, 2.05) is 12.1 Å². The van der Waals surface area contributed by atoms with E-state index in [4.69, 9.17) is 11.6 Å². The average molecular weight is 514 g/mol. The molecule has 0 radical (unpaired) electrons. The van der Waals surface area contributed by atoms with Crippen LogP contribution in [0.4, 0.5) is 5.69 Å². The molecule has 1 N–H and O–H groups in total. The van der Waals surface area contributed by atoms with Crippen molar-refractivity contribution in [3.05, 3.63) is 29.3 Å². The van der Waals surface area contributed by atoms with Crippen molar-refractivity contribution in [3.8, 4) is 0 Å². The van der Waals surface area contributed by atoms with Crippen LogP contribution in [-0.4, -0.2) is 14.5 Å². The Morgan fingerprint density at radius 3 is 2.55 bits per heavy atom. The van der Waals surface area contributed by atoms with Gasteiger partial charge in [-0.15, -0.1) is 0 Å². The largest absolute Gasteiger partial charge is 0.326 e. The van der Waals surface area contributed by atoms with Gasteiger partial charge in [0.2, 0.25) is 5.91 Å². The smallest absolute Gasteiger partial charge is 0.232 e. The number of rotatable bonds is 3. The molecule has 1 amide bonds. The molecule has 4 rings (SSSR count). The molecule has 6 heteroatoms. The third-order valence-corrected chi connectivity index (χ3v) is 9.44. The summed E-state index contributed by atoms with van der Waals surface area (Å²) in [5, 5.41) is 3.69. The maximum Gasteiger partial charge on any atom is 0.232 e. The molecule has 0 saturated heterocycles. The maximum absolute atomic E-state index is 13.1.